The molecule has 4 atom stereocenters. The van der Waals surface area contributed by atoms with Crippen LogP contribution in [-0.4, -0.2) is 85.0 Å². The van der Waals surface area contributed by atoms with E-state index in [1.807, 2.05) is 17.9 Å². The maximum Gasteiger partial charge on any atom is 0.272 e. The van der Waals surface area contributed by atoms with Crippen molar-refractivity contribution in [3.05, 3.63) is 53.5 Å². The van der Waals surface area contributed by atoms with Gasteiger partial charge in [-0.3, -0.25) is 4.79 Å². The summed E-state index contributed by atoms with van der Waals surface area (Å²) in [6.07, 6.45) is 7.76. The zero-order chi connectivity index (χ0) is 26.3. The molecule has 9 nitrogen and oxygen atoms in total. The first kappa shape index (κ1) is 27.0. The third-order valence-corrected chi connectivity index (χ3v) is 8.14. The second-order valence-corrected chi connectivity index (χ2v) is 10.6. The molecule has 206 valence electrons. The predicted octanol–water partition coefficient (Wildman–Crippen LogP) is 3.51. The van der Waals surface area contributed by atoms with E-state index in [1.165, 1.54) is 11.9 Å². The maximum atomic E-state index is 13.4. The van der Waals surface area contributed by atoms with Crippen LogP contribution in [0, 0.1) is 6.92 Å². The lowest BCUT2D eigenvalue weighted by atomic mass is 9.98. The van der Waals surface area contributed by atoms with Crippen LogP contribution in [0.1, 0.15) is 66.2 Å². The largest absolute Gasteiger partial charge is 0.379 e. The number of methoxy groups -OCH3 is 1. The van der Waals surface area contributed by atoms with E-state index in [-0.39, 0.29) is 24.2 Å². The summed E-state index contributed by atoms with van der Waals surface area (Å²) in [6.45, 7) is 5.39. The molecular weight excluding hydrogens is 482 g/mol. The van der Waals surface area contributed by atoms with Crippen molar-refractivity contribution >= 4 is 11.7 Å². The molecule has 0 aliphatic carbocycles. The van der Waals surface area contributed by atoms with Crippen molar-refractivity contribution in [2.24, 2.45) is 0 Å². The molecule has 2 N–H and O–H groups in total. The molecule has 0 saturated carbocycles. The van der Waals surface area contributed by atoms with Gasteiger partial charge in [0, 0.05) is 51.0 Å². The Morgan fingerprint density at radius 2 is 1.92 bits per heavy atom. The molecule has 3 fully saturated rings. The van der Waals surface area contributed by atoms with Crippen molar-refractivity contribution in [2.45, 2.75) is 75.8 Å². The third kappa shape index (κ3) is 6.51. The second-order valence-electron chi connectivity index (χ2n) is 10.6. The number of hydrogen-bond acceptors (Lipinski definition) is 8. The van der Waals surface area contributed by atoms with E-state index in [0.717, 1.165) is 50.7 Å². The van der Waals surface area contributed by atoms with Crippen LogP contribution in [0.5, 0.6) is 0 Å². The summed E-state index contributed by atoms with van der Waals surface area (Å²) in [5, 5.41) is 7.19. The average molecular weight is 524 g/mol. The van der Waals surface area contributed by atoms with Gasteiger partial charge in [0.1, 0.15) is 17.8 Å². The third-order valence-electron chi connectivity index (χ3n) is 8.14. The molecule has 3 aliphatic rings. The molecule has 1 aromatic carbocycles. The number of anilines is 1. The number of nitrogens with one attached hydrogen (secondary N) is 2. The lowest BCUT2D eigenvalue weighted by molar-refractivity contribution is -0.0533. The van der Waals surface area contributed by atoms with Crippen LogP contribution in [0.15, 0.2) is 36.7 Å². The topological polar surface area (TPSA) is 97.8 Å². The summed E-state index contributed by atoms with van der Waals surface area (Å²) in [6, 6.07) is 11.1. The molecule has 0 radical (unpaired) electrons. The summed E-state index contributed by atoms with van der Waals surface area (Å²) >= 11 is 0. The molecule has 1 aromatic heterocycles. The van der Waals surface area contributed by atoms with Gasteiger partial charge in [-0.15, -0.1) is 0 Å². The molecule has 2 aromatic rings. The minimum absolute atomic E-state index is 0.0229. The van der Waals surface area contributed by atoms with Gasteiger partial charge in [-0.05, 0) is 51.0 Å². The van der Waals surface area contributed by atoms with Crippen LogP contribution in [-0.2, 0) is 14.2 Å². The number of hydrogen-bond donors (Lipinski definition) is 2. The Hall–Kier alpha value is -2.59. The summed E-state index contributed by atoms with van der Waals surface area (Å²) in [5.74, 6) is 0.681. The predicted molar refractivity (Wildman–Crippen MR) is 145 cm³/mol. The Kier molecular flexibility index (Phi) is 9.22. The highest BCUT2D eigenvalue weighted by molar-refractivity contribution is 5.94. The summed E-state index contributed by atoms with van der Waals surface area (Å²) in [5.41, 5.74) is 2.50. The number of carbonyl (C=O) groups excluding carboxylic acids is 1. The fourth-order valence-electron chi connectivity index (χ4n) is 5.85. The monoisotopic (exact) mass is 523 g/mol. The van der Waals surface area contributed by atoms with Crippen LogP contribution < -0.4 is 10.6 Å². The number of benzene rings is 1. The van der Waals surface area contributed by atoms with Gasteiger partial charge >= 0.3 is 0 Å². The van der Waals surface area contributed by atoms with Gasteiger partial charge in [-0.25, -0.2) is 9.97 Å². The van der Waals surface area contributed by atoms with Gasteiger partial charge in [0.2, 0.25) is 0 Å². The first-order valence-electron chi connectivity index (χ1n) is 14.0. The fraction of sp³-hybridized carbons (Fsp3) is 0.621. The molecule has 1 amide bonds. The first-order chi connectivity index (χ1) is 18.6. The van der Waals surface area contributed by atoms with Crippen LogP contribution in [0.3, 0.4) is 0 Å². The smallest absolute Gasteiger partial charge is 0.272 e. The highest BCUT2D eigenvalue weighted by Crippen LogP contribution is 2.31. The standard InChI is InChI=1S/C29H41N5O4/c1-20-27(29(35)34-14-11-22(12-15-34)33-24-13-16-37-18-26(24)36-2)31-19-32-28(20)30-17-23-9-6-10-25(38-23)21-7-4-3-5-8-21/h3-5,7-8,19,22-26,33H,6,9-18H2,1-2H3,(H,30,31,32)/t23?,24-,25+,26+/m1/s1. The number of nitrogens with zero attached hydrogens (tertiary/aromatic N) is 3. The number of carbonyl (C=O) groups is 1. The number of amides is 1. The van der Waals surface area contributed by atoms with Crippen molar-refractivity contribution < 1.29 is 19.0 Å². The molecule has 9 heteroatoms. The first-order valence-corrected chi connectivity index (χ1v) is 14.0. The second kappa shape index (κ2) is 13.0. The van der Waals surface area contributed by atoms with Crippen molar-refractivity contribution in [3.63, 3.8) is 0 Å². The van der Waals surface area contributed by atoms with Gasteiger partial charge in [0.25, 0.3) is 5.91 Å². The molecule has 38 heavy (non-hydrogen) atoms. The zero-order valence-electron chi connectivity index (χ0n) is 22.6. The molecule has 0 bridgehead atoms. The Balaban J connectivity index is 1.13. The van der Waals surface area contributed by atoms with Crippen molar-refractivity contribution in [3.8, 4) is 0 Å². The summed E-state index contributed by atoms with van der Waals surface area (Å²) in [7, 11) is 1.74. The van der Waals surface area contributed by atoms with E-state index in [9.17, 15) is 4.79 Å². The molecule has 0 spiro atoms. The number of piperidine rings is 1. The Labute approximate surface area is 225 Å². The molecule has 5 rings (SSSR count). The van der Waals surface area contributed by atoms with E-state index >= 15 is 0 Å². The van der Waals surface area contributed by atoms with Crippen LogP contribution in [0.4, 0.5) is 5.82 Å². The highest BCUT2D eigenvalue weighted by atomic mass is 16.5. The van der Waals surface area contributed by atoms with Gasteiger partial charge in [-0.1, -0.05) is 30.3 Å². The Morgan fingerprint density at radius 3 is 2.71 bits per heavy atom. The Morgan fingerprint density at radius 1 is 1.11 bits per heavy atom. The van der Waals surface area contributed by atoms with Crippen molar-refractivity contribution in [1.29, 1.82) is 0 Å². The van der Waals surface area contributed by atoms with Gasteiger partial charge in [0.15, 0.2) is 0 Å². The zero-order valence-corrected chi connectivity index (χ0v) is 22.6. The SMILES string of the molecule is CO[C@H]1COCC[C@H]1NC1CCN(C(=O)c2ncnc(NCC3CCC[C@@H](c4ccccc4)O3)c2C)CC1. The van der Waals surface area contributed by atoms with E-state index in [2.05, 4.69) is 44.9 Å². The number of aromatic nitrogens is 2. The maximum absolute atomic E-state index is 13.4. The lowest BCUT2D eigenvalue weighted by Gasteiger charge is -2.38. The van der Waals surface area contributed by atoms with E-state index in [1.54, 1.807) is 7.11 Å². The van der Waals surface area contributed by atoms with E-state index in [0.29, 0.717) is 49.8 Å². The quantitative estimate of drug-likeness (QED) is 0.543. The van der Waals surface area contributed by atoms with E-state index in [4.69, 9.17) is 14.2 Å². The van der Waals surface area contributed by atoms with Crippen molar-refractivity contribution in [1.82, 2.24) is 20.2 Å². The molecule has 1 unspecified atom stereocenters. The normalized spacial score (nSPS) is 26.7. The number of rotatable bonds is 8. The molecule has 3 saturated heterocycles. The highest BCUT2D eigenvalue weighted by Gasteiger charge is 2.31. The van der Waals surface area contributed by atoms with Crippen LogP contribution in [0.2, 0.25) is 0 Å². The minimum Gasteiger partial charge on any atom is -0.379 e. The molecular formula is C29H41N5O4. The summed E-state index contributed by atoms with van der Waals surface area (Å²) < 4.78 is 17.5. The van der Waals surface area contributed by atoms with Crippen LogP contribution in [0.25, 0.3) is 0 Å². The average Bonchev–Trinajstić information content (AvgIpc) is 2.97. The minimum atomic E-state index is -0.0229. The lowest BCUT2D eigenvalue weighted by Crippen LogP contribution is -2.54. The molecule has 3 aliphatic heterocycles. The van der Waals surface area contributed by atoms with Crippen LogP contribution >= 0.6 is 0 Å². The molecule has 4 heterocycles. The Bertz CT molecular complexity index is 1050. The van der Waals surface area contributed by atoms with Crippen molar-refractivity contribution in [2.75, 3.05) is 45.3 Å². The fourth-order valence-corrected chi connectivity index (χ4v) is 5.85. The summed E-state index contributed by atoms with van der Waals surface area (Å²) in [4.78, 5) is 24.1. The van der Waals surface area contributed by atoms with E-state index < -0.39 is 0 Å². The number of ether oxygens (including phenoxy) is 3. The number of likely N-dealkylation sites (tertiary alicyclic amines) is 1. The van der Waals surface area contributed by atoms with Gasteiger partial charge < -0.3 is 29.7 Å². The van der Waals surface area contributed by atoms with Gasteiger partial charge in [-0.2, -0.15) is 0 Å². The van der Waals surface area contributed by atoms with Gasteiger partial charge in [0.05, 0.1) is 24.9 Å².